The van der Waals surface area contributed by atoms with Crippen molar-refractivity contribution >= 4 is 131 Å². The maximum atomic E-state index is 6.81. The zero-order valence-electron chi connectivity index (χ0n) is 69.6. The molecule has 18 aromatic carbocycles. The second-order valence-corrected chi connectivity index (χ2v) is 32.4. The average molecular weight is 1650 g/mol. The van der Waals surface area contributed by atoms with Gasteiger partial charge in [0.2, 0.25) is 35.3 Å². The molecule has 0 aliphatic heterocycles. The van der Waals surface area contributed by atoms with Gasteiger partial charge in [-0.2, -0.15) is 0 Å². The number of hydrogen-bond acceptors (Lipinski definition) is 6. The third kappa shape index (κ3) is 12.2. The molecule has 606 valence electrons. The molecule has 0 bridgehead atoms. The van der Waals surface area contributed by atoms with E-state index < -0.39 is 0 Å². The first-order valence-corrected chi connectivity index (χ1v) is 43.5. The molecule has 0 radical (unpaired) electrons. The lowest BCUT2D eigenvalue weighted by atomic mass is 10.1. The van der Waals surface area contributed by atoms with Gasteiger partial charge in [0, 0.05) is 115 Å². The van der Waals surface area contributed by atoms with E-state index in [4.69, 9.17) is 28.2 Å². The van der Waals surface area contributed by atoms with Crippen molar-refractivity contribution in [3.8, 4) is 103 Å². The highest BCUT2D eigenvalue weighted by Gasteiger charge is 2.31. The van der Waals surface area contributed by atoms with Gasteiger partial charge in [0.15, 0.2) is 0 Å². The Bertz CT molecular complexity index is 8950. The molecule has 9 aromatic heterocycles. The van der Waals surface area contributed by atoms with Crippen LogP contribution in [0.5, 0.6) is 0 Å². The Kier molecular flexibility index (Phi) is 17.6. The topological polar surface area (TPSA) is 108 Å². The molecule has 0 saturated heterocycles. The Labute approximate surface area is 739 Å². The number of aromatic nitrogens is 9. The summed E-state index contributed by atoms with van der Waals surface area (Å²) in [5, 5.41) is 14.3. The molecular formula is C117H75N9O3. The summed E-state index contributed by atoms with van der Waals surface area (Å²) >= 11 is 0. The molecule has 0 aliphatic rings. The quantitative estimate of drug-likeness (QED) is 0.121. The molecule has 129 heavy (non-hydrogen) atoms. The lowest BCUT2D eigenvalue weighted by Crippen LogP contribution is -1.96. The van der Waals surface area contributed by atoms with Gasteiger partial charge in [-0.1, -0.05) is 322 Å². The summed E-state index contributed by atoms with van der Waals surface area (Å²) in [7, 11) is 0. The maximum absolute atomic E-state index is 6.81. The summed E-state index contributed by atoms with van der Waals surface area (Å²) in [5.41, 5.74) is 25.2. The molecule has 27 aromatic rings. The Balaban J connectivity index is 0.000000105. The number of nitrogens with zero attached hydrogens (tertiary/aromatic N) is 9. The fourth-order valence-corrected chi connectivity index (χ4v) is 19.5. The number of rotatable bonds is 12. The third-order valence-electron chi connectivity index (χ3n) is 25.1. The Morgan fingerprint density at radius 1 is 0.155 bits per heavy atom. The van der Waals surface area contributed by atoms with Crippen molar-refractivity contribution in [2.45, 2.75) is 0 Å². The van der Waals surface area contributed by atoms with Crippen LogP contribution in [-0.2, 0) is 0 Å². The van der Waals surface area contributed by atoms with Crippen LogP contribution >= 0.6 is 0 Å². The monoisotopic (exact) mass is 1650 g/mol. The van der Waals surface area contributed by atoms with Gasteiger partial charge < -0.3 is 27.0 Å². The van der Waals surface area contributed by atoms with E-state index in [0.717, 1.165) is 106 Å². The van der Waals surface area contributed by atoms with Crippen LogP contribution in [0.4, 0.5) is 0 Å². The first-order valence-electron chi connectivity index (χ1n) is 43.5. The second-order valence-electron chi connectivity index (χ2n) is 32.4. The minimum absolute atomic E-state index is 0.597. The summed E-state index contributed by atoms with van der Waals surface area (Å²) in [6, 6.07) is 159. The third-order valence-corrected chi connectivity index (χ3v) is 25.1. The zero-order chi connectivity index (χ0) is 85.0. The van der Waals surface area contributed by atoms with Gasteiger partial charge >= 0.3 is 0 Å². The lowest BCUT2D eigenvalue weighted by molar-refractivity contribution is 0.554. The zero-order valence-corrected chi connectivity index (χ0v) is 69.6. The molecule has 0 aliphatic carbocycles. The van der Waals surface area contributed by atoms with E-state index in [2.05, 4.69) is 337 Å². The van der Waals surface area contributed by atoms with Crippen molar-refractivity contribution in [1.29, 1.82) is 0 Å². The highest BCUT2D eigenvalue weighted by molar-refractivity contribution is 6.28. The van der Waals surface area contributed by atoms with Crippen molar-refractivity contribution in [2.75, 3.05) is 0 Å². The number of fused-ring (bicyclic) bond motifs is 20. The number of benzene rings is 18. The van der Waals surface area contributed by atoms with Gasteiger partial charge in [-0.15, -0.1) is 0 Å². The fourth-order valence-electron chi connectivity index (χ4n) is 19.5. The molecule has 0 amide bonds. The minimum atomic E-state index is 0.597. The molecule has 0 atom stereocenters. The summed E-state index contributed by atoms with van der Waals surface area (Å²) in [6.45, 7) is 0. The van der Waals surface area contributed by atoms with Gasteiger partial charge in [-0.3, -0.25) is 13.7 Å². The summed E-state index contributed by atoms with van der Waals surface area (Å²) in [4.78, 5) is 15.3. The number of para-hydroxylation sites is 9. The van der Waals surface area contributed by atoms with Gasteiger partial charge in [0.1, 0.15) is 17.1 Å². The smallest absolute Gasteiger partial charge is 0.233 e. The lowest BCUT2D eigenvalue weighted by Gasteiger charge is -2.09. The van der Waals surface area contributed by atoms with Crippen LogP contribution in [0.25, 0.3) is 234 Å². The summed E-state index contributed by atoms with van der Waals surface area (Å²) in [6.07, 6.45) is 0. The van der Waals surface area contributed by atoms with Crippen LogP contribution in [0.15, 0.2) is 468 Å². The molecular weight excluding hydrogens is 1580 g/mol. The first-order chi connectivity index (χ1) is 64.1. The number of oxazole rings is 3. The summed E-state index contributed by atoms with van der Waals surface area (Å²) in [5.74, 6) is 3.92. The van der Waals surface area contributed by atoms with E-state index in [1.807, 2.05) is 146 Å². The highest BCUT2D eigenvalue weighted by Crippen LogP contribution is 2.49. The van der Waals surface area contributed by atoms with Crippen molar-refractivity contribution < 1.29 is 13.3 Å². The van der Waals surface area contributed by atoms with E-state index in [1.165, 1.54) is 92.2 Å². The molecule has 0 saturated carbocycles. The largest absolute Gasteiger partial charge is 0.419 e. The van der Waals surface area contributed by atoms with Gasteiger partial charge in [-0.25, -0.2) is 15.0 Å². The van der Waals surface area contributed by atoms with E-state index >= 15 is 0 Å². The molecule has 12 heteroatoms. The Morgan fingerprint density at radius 2 is 0.388 bits per heavy atom. The van der Waals surface area contributed by atoms with Crippen molar-refractivity contribution in [2.24, 2.45) is 0 Å². The maximum Gasteiger partial charge on any atom is 0.233 e. The molecule has 0 unspecified atom stereocenters. The molecule has 12 nitrogen and oxygen atoms in total. The normalized spacial score (nSPS) is 11.7. The van der Waals surface area contributed by atoms with Crippen LogP contribution in [0.3, 0.4) is 0 Å². The van der Waals surface area contributed by atoms with Crippen LogP contribution < -0.4 is 0 Å². The Hall–Kier alpha value is -17.6. The van der Waals surface area contributed by atoms with Crippen LogP contribution in [0.2, 0.25) is 0 Å². The van der Waals surface area contributed by atoms with Crippen LogP contribution in [0.1, 0.15) is 0 Å². The van der Waals surface area contributed by atoms with E-state index in [9.17, 15) is 0 Å². The van der Waals surface area contributed by atoms with Crippen LogP contribution in [0, 0.1) is 0 Å². The highest BCUT2D eigenvalue weighted by atomic mass is 16.4. The van der Waals surface area contributed by atoms with Crippen molar-refractivity contribution in [3.05, 3.63) is 455 Å². The van der Waals surface area contributed by atoms with Gasteiger partial charge in [-0.05, 0) is 133 Å². The van der Waals surface area contributed by atoms with Crippen LogP contribution in [-0.4, -0.2) is 42.4 Å². The van der Waals surface area contributed by atoms with E-state index in [0.29, 0.717) is 35.3 Å². The predicted octanol–water partition coefficient (Wildman–Crippen LogP) is 30.6. The number of hydrogen-bond donors (Lipinski definition) is 0. The van der Waals surface area contributed by atoms with Crippen molar-refractivity contribution in [1.82, 2.24) is 42.4 Å². The average Bonchev–Trinajstić information content (AvgIpc) is 1.55. The van der Waals surface area contributed by atoms with Gasteiger partial charge in [0.05, 0.1) is 66.2 Å². The minimum Gasteiger partial charge on any atom is -0.419 e. The molecule has 0 N–H and O–H groups in total. The molecule has 9 heterocycles. The van der Waals surface area contributed by atoms with Crippen molar-refractivity contribution in [3.63, 3.8) is 0 Å². The fraction of sp³-hybridized carbons (Fsp3) is 0. The summed E-state index contributed by atoms with van der Waals surface area (Å²) < 4.78 is 34.2. The van der Waals surface area contributed by atoms with E-state index in [-0.39, 0.29) is 0 Å². The van der Waals surface area contributed by atoms with E-state index in [1.54, 1.807) is 0 Å². The SMILES string of the molecule is c1ccc(-c2nc(-c3ccccc3)c(-n3c4ccccc4c4c3ccc3c5ccccc5n(-c5ccccc5)c34)o2)cc1.c1ccc(-c2nc(-c3ccccc3)c(-n3c4ccccc4c4cc5c(cc43)c3ccccc3n5-c3ccccc3)o2)cc1.c1ccc(-c2nc(-c3ccccc3)c(-n3c4ccccc4c4ccc5c(c6ccccc6n5-c5ccccc5)c43)o2)cc1. The second kappa shape index (κ2) is 30.7. The first kappa shape index (κ1) is 74.1. The predicted molar refractivity (Wildman–Crippen MR) is 528 cm³/mol. The molecule has 0 fully saturated rings. The standard InChI is InChI=1S/3C39H25N3O/c1-4-14-26(15-5-1)37-39(43-38(40-37)27-16-6-2-7-17-27)42-34-23-13-11-21-30(34)32-24-35-31(25-36(32)42)29-20-10-12-22-33(29)41(35)28-18-8-3-9-19-28;1-4-14-26(15-5-1)36-39(43-38(40-36)27-16-6-2-7-17-27)42-32-22-12-10-20-29(32)30-24-25-34-35(37(30)42)31-21-11-13-23-33(31)41(34)28-18-8-3-9-19-28;1-4-14-26(15-5-1)36-39(43-38(40-36)27-16-6-2-7-17-27)42-33-23-13-11-21-31(33)35-34(42)25-24-30-29-20-10-12-22-32(29)41(37(30)35)28-18-8-3-9-19-28/h3*1-25H. The van der Waals surface area contributed by atoms with Gasteiger partial charge in [0.25, 0.3) is 0 Å². The Morgan fingerprint density at radius 3 is 0.760 bits per heavy atom. The molecule has 0 spiro atoms. The molecule has 27 rings (SSSR count).